The Bertz CT molecular complexity index is 1520. The van der Waals surface area contributed by atoms with Crippen LogP contribution in [0.2, 0.25) is 5.02 Å². The van der Waals surface area contributed by atoms with E-state index in [1.165, 1.54) is 16.5 Å². The van der Waals surface area contributed by atoms with Crippen molar-refractivity contribution in [3.8, 4) is 17.3 Å². The van der Waals surface area contributed by atoms with Crippen molar-refractivity contribution >= 4 is 17.2 Å². The molecule has 0 spiro atoms. The van der Waals surface area contributed by atoms with E-state index in [1.54, 1.807) is 24.0 Å². The number of halogens is 2. The molecule has 172 valence electrons. The molecule has 4 heterocycles. The van der Waals surface area contributed by atoms with Gasteiger partial charge in [0.2, 0.25) is 0 Å². The maximum atomic E-state index is 15.0. The first-order valence-corrected chi connectivity index (χ1v) is 11.1. The van der Waals surface area contributed by atoms with Crippen LogP contribution in [-0.2, 0) is 11.8 Å². The molecule has 0 amide bonds. The van der Waals surface area contributed by atoms with Crippen molar-refractivity contribution in [2.75, 3.05) is 6.61 Å². The third kappa shape index (κ3) is 3.85. The molecule has 2 atom stereocenters. The lowest BCUT2D eigenvalue weighted by Crippen LogP contribution is -2.23. The van der Waals surface area contributed by atoms with Crippen LogP contribution in [0, 0.1) is 24.1 Å². The molecule has 0 radical (unpaired) electrons. The number of benzene rings is 1. The zero-order chi connectivity index (χ0) is 24.0. The molecule has 34 heavy (non-hydrogen) atoms. The minimum absolute atomic E-state index is 0.00103. The second-order valence-corrected chi connectivity index (χ2v) is 8.74. The van der Waals surface area contributed by atoms with Crippen LogP contribution in [0.3, 0.4) is 0 Å². The number of hydrogen-bond acceptors (Lipinski definition) is 6. The van der Waals surface area contributed by atoms with Crippen LogP contribution < -0.4 is 5.56 Å². The first-order chi connectivity index (χ1) is 16.4. The van der Waals surface area contributed by atoms with Crippen molar-refractivity contribution in [1.29, 1.82) is 5.26 Å². The molecular formula is C24H20ClFN6O2. The molecule has 0 aliphatic carbocycles. The minimum atomic E-state index is -0.618. The summed E-state index contributed by atoms with van der Waals surface area (Å²) in [6, 6.07) is 6.07. The van der Waals surface area contributed by atoms with Gasteiger partial charge >= 0.3 is 0 Å². The summed E-state index contributed by atoms with van der Waals surface area (Å²) >= 11 is 6.21. The number of rotatable bonds is 3. The standard InChI is InChI=1S/C24H20ClFN6O2/c1-13-21(25)24(33)32-12-19(15-5-6-34-20(8-15)16-10-28-31(2)11-16)30-22(23(32)29-13)17-4-3-14(9-27)7-18(17)26/h3-4,7,10-12,15,20H,5-6,8H2,1-2H3/t15-,20-/m1/s1. The Morgan fingerprint density at radius 3 is 2.82 bits per heavy atom. The smallest absolute Gasteiger partial charge is 0.277 e. The van der Waals surface area contributed by atoms with Crippen molar-refractivity contribution in [2.24, 2.45) is 7.05 Å². The third-order valence-corrected chi connectivity index (χ3v) is 6.53. The topological polar surface area (TPSA) is 98.1 Å². The summed E-state index contributed by atoms with van der Waals surface area (Å²) in [4.78, 5) is 22.3. The number of fused-ring (bicyclic) bond motifs is 1. The number of hydrogen-bond donors (Lipinski definition) is 0. The van der Waals surface area contributed by atoms with Gasteiger partial charge < -0.3 is 4.74 Å². The molecular weight excluding hydrogens is 459 g/mol. The molecule has 0 bridgehead atoms. The molecule has 4 aromatic rings. The molecule has 10 heteroatoms. The third-order valence-electron chi connectivity index (χ3n) is 6.09. The highest BCUT2D eigenvalue weighted by Gasteiger charge is 2.29. The average molecular weight is 479 g/mol. The Hall–Kier alpha value is -3.61. The highest BCUT2D eigenvalue weighted by Crippen LogP contribution is 2.38. The van der Waals surface area contributed by atoms with E-state index < -0.39 is 11.4 Å². The zero-order valence-corrected chi connectivity index (χ0v) is 19.3. The van der Waals surface area contributed by atoms with Crippen molar-refractivity contribution in [2.45, 2.75) is 31.8 Å². The molecule has 1 fully saturated rings. The molecule has 0 unspecified atom stereocenters. The van der Waals surface area contributed by atoms with Crippen LogP contribution in [0.4, 0.5) is 4.39 Å². The number of ether oxygens (including phenoxy) is 1. The second-order valence-electron chi connectivity index (χ2n) is 8.36. The average Bonchev–Trinajstić information content (AvgIpc) is 3.28. The Kier molecular flexibility index (Phi) is 5.63. The lowest BCUT2D eigenvalue weighted by atomic mass is 9.90. The molecule has 1 saturated heterocycles. The quantitative estimate of drug-likeness (QED) is 0.439. The number of aryl methyl sites for hydroxylation is 2. The summed E-state index contributed by atoms with van der Waals surface area (Å²) in [7, 11) is 1.85. The van der Waals surface area contributed by atoms with Crippen molar-refractivity contribution < 1.29 is 9.13 Å². The first-order valence-electron chi connectivity index (χ1n) is 10.7. The van der Waals surface area contributed by atoms with Crippen LogP contribution >= 0.6 is 11.6 Å². The van der Waals surface area contributed by atoms with Crippen molar-refractivity contribution in [1.82, 2.24) is 24.1 Å². The Labute approximate surface area is 199 Å². The predicted molar refractivity (Wildman–Crippen MR) is 123 cm³/mol. The maximum absolute atomic E-state index is 15.0. The van der Waals surface area contributed by atoms with Gasteiger partial charge in [0, 0.05) is 43.1 Å². The molecule has 1 aromatic carbocycles. The zero-order valence-electron chi connectivity index (χ0n) is 18.5. The first kappa shape index (κ1) is 22.2. The van der Waals surface area contributed by atoms with E-state index in [2.05, 4.69) is 10.1 Å². The predicted octanol–water partition coefficient (Wildman–Crippen LogP) is 4.10. The Morgan fingerprint density at radius 1 is 1.29 bits per heavy atom. The minimum Gasteiger partial charge on any atom is -0.373 e. The van der Waals surface area contributed by atoms with E-state index in [-0.39, 0.29) is 39.5 Å². The van der Waals surface area contributed by atoms with Gasteiger partial charge in [0.25, 0.3) is 5.56 Å². The number of nitriles is 1. The second kappa shape index (κ2) is 8.63. The van der Waals surface area contributed by atoms with E-state index in [1.807, 2.05) is 19.3 Å². The molecule has 1 aliphatic rings. The fourth-order valence-corrected chi connectivity index (χ4v) is 4.44. The van der Waals surface area contributed by atoms with Gasteiger partial charge in [0.1, 0.15) is 16.5 Å². The van der Waals surface area contributed by atoms with Gasteiger partial charge in [-0.2, -0.15) is 10.4 Å². The van der Waals surface area contributed by atoms with Gasteiger partial charge in [0.15, 0.2) is 5.65 Å². The van der Waals surface area contributed by atoms with Gasteiger partial charge in [-0.15, -0.1) is 0 Å². The molecule has 8 nitrogen and oxygen atoms in total. The van der Waals surface area contributed by atoms with Crippen LogP contribution in [-0.4, -0.2) is 30.8 Å². The van der Waals surface area contributed by atoms with Gasteiger partial charge in [-0.1, -0.05) is 11.6 Å². The van der Waals surface area contributed by atoms with Crippen molar-refractivity contribution in [3.05, 3.63) is 80.5 Å². The SMILES string of the molecule is Cc1nc2c(-c3ccc(C#N)cc3F)nc([C@@H]3CCO[C@@H](c4cnn(C)c4)C3)cn2c(=O)c1Cl. The fourth-order valence-electron chi connectivity index (χ4n) is 4.30. The maximum Gasteiger partial charge on any atom is 0.277 e. The Morgan fingerprint density at radius 2 is 2.12 bits per heavy atom. The van der Waals surface area contributed by atoms with Gasteiger partial charge in [-0.25, -0.2) is 14.4 Å². The molecule has 1 aliphatic heterocycles. The summed E-state index contributed by atoms with van der Waals surface area (Å²) in [5, 5.41) is 13.3. The van der Waals surface area contributed by atoms with Crippen LogP contribution in [0.5, 0.6) is 0 Å². The van der Waals surface area contributed by atoms with Crippen molar-refractivity contribution in [3.63, 3.8) is 0 Å². The lowest BCUT2D eigenvalue weighted by Gasteiger charge is -2.29. The highest BCUT2D eigenvalue weighted by molar-refractivity contribution is 6.31. The number of aromatic nitrogens is 5. The molecule has 0 N–H and O–H groups in total. The summed E-state index contributed by atoms with van der Waals surface area (Å²) in [6.45, 7) is 2.12. The summed E-state index contributed by atoms with van der Waals surface area (Å²) in [5.41, 5.74) is 2.24. The van der Waals surface area contributed by atoms with E-state index in [0.717, 1.165) is 11.6 Å². The Balaban J connectivity index is 1.67. The van der Waals surface area contributed by atoms with Gasteiger partial charge in [0.05, 0.1) is 35.3 Å². The molecule has 0 saturated carbocycles. The fraction of sp³-hybridized carbons (Fsp3) is 0.292. The highest BCUT2D eigenvalue weighted by atomic mass is 35.5. The summed E-state index contributed by atoms with van der Waals surface area (Å²) in [5.74, 6) is -0.664. The largest absolute Gasteiger partial charge is 0.373 e. The van der Waals surface area contributed by atoms with E-state index in [4.69, 9.17) is 26.6 Å². The number of nitrogens with zero attached hydrogens (tertiary/aromatic N) is 6. The van der Waals surface area contributed by atoms with E-state index in [0.29, 0.717) is 30.8 Å². The van der Waals surface area contributed by atoms with Gasteiger partial charge in [-0.05, 0) is 38.0 Å². The van der Waals surface area contributed by atoms with Gasteiger partial charge in [-0.3, -0.25) is 13.9 Å². The monoisotopic (exact) mass is 478 g/mol. The normalized spacial score (nSPS) is 18.2. The van der Waals surface area contributed by atoms with Crippen LogP contribution in [0.15, 0.2) is 41.6 Å². The van der Waals surface area contributed by atoms with E-state index in [9.17, 15) is 4.79 Å². The van der Waals surface area contributed by atoms with Crippen LogP contribution in [0.25, 0.3) is 16.9 Å². The summed E-state index contributed by atoms with van der Waals surface area (Å²) in [6.07, 6.45) is 6.46. The van der Waals surface area contributed by atoms with Crippen LogP contribution in [0.1, 0.15) is 47.4 Å². The molecule has 3 aromatic heterocycles. The van der Waals surface area contributed by atoms with E-state index >= 15 is 4.39 Å². The summed E-state index contributed by atoms with van der Waals surface area (Å²) < 4.78 is 24.0. The lowest BCUT2D eigenvalue weighted by molar-refractivity contribution is 0.00455. The molecule has 5 rings (SSSR count).